The van der Waals surface area contributed by atoms with Crippen LogP contribution in [0.4, 0.5) is 0 Å². The number of hydrogen-bond acceptors (Lipinski definition) is 3. The molecule has 1 aliphatic heterocycles. The normalized spacial score (nSPS) is 29.4. The molecule has 1 saturated heterocycles. The number of unbranched alkanes of at least 4 members (excludes halogenated alkanes) is 4. The lowest BCUT2D eigenvalue weighted by Crippen LogP contribution is -2.41. The molecular weight excluding hydrogens is 228 g/mol. The Bertz CT molecular complexity index is 242. The number of aliphatic hydroxyl groups excluding tert-OH is 2. The average Bonchev–Trinajstić information content (AvgIpc) is 2.76. The van der Waals surface area contributed by atoms with E-state index in [1.54, 1.807) is 0 Å². The lowest BCUT2D eigenvalue weighted by Gasteiger charge is -2.29. The standard InChI is InChI=1S/C15H28O3/c1-3-4-5-6-7-8-9-13-10-11-15(2,18-13)14(17)12-16/h3,13-14,16-17H,1,4-12H2,2H3/t13-,14-,15+/m1/s1. The molecule has 106 valence electrons. The van der Waals surface area contributed by atoms with E-state index in [0.717, 1.165) is 25.7 Å². The van der Waals surface area contributed by atoms with E-state index in [2.05, 4.69) is 6.58 Å². The van der Waals surface area contributed by atoms with Gasteiger partial charge in [-0.3, -0.25) is 0 Å². The Kier molecular flexibility index (Phi) is 6.90. The first-order chi connectivity index (χ1) is 8.62. The van der Waals surface area contributed by atoms with E-state index in [1.807, 2.05) is 13.0 Å². The minimum atomic E-state index is -0.755. The summed E-state index contributed by atoms with van der Waals surface area (Å²) in [6.07, 6.45) is 10.4. The van der Waals surface area contributed by atoms with Crippen molar-refractivity contribution in [2.24, 2.45) is 0 Å². The topological polar surface area (TPSA) is 49.7 Å². The highest BCUT2D eigenvalue weighted by Gasteiger charge is 2.41. The first-order valence-corrected chi connectivity index (χ1v) is 7.20. The number of hydrogen-bond donors (Lipinski definition) is 2. The number of allylic oxidation sites excluding steroid dienone is 1. The molecule has 1 aliphatic rings. The predicted octanol–water partition coefficient (Wildman–Crippen LogP) is 2.80. The van der Waals surface area contributed by atoms with Gasteiger partial charge in [0.05, 0.1) is 18.3 Å². The van der Waals surface area contributed by atoms with E-state index in [4.69, 9.17) is 9.84 Å². The van der Waals surface area contributed by atoms with Gasteiger partial charge in [-0.1, -0.05) is 25.3 Å². The summed E-state index contributed by atoms with van der Waals surface area (Å²) < 4.78 is 5.90. The van der Waals surface area contributed by atoms with Crippen molar-refractivity contribution in [1.29, 1.82) is 0 Å². The molecule has 0 aromatic carbocycles. The molecule has 3 atom stereocenters. The molecule has 0 aliphatic carbocycles. The Morgan fingerprint density at radius 3 is 2.78 bits per heavy atom. The van der Waals surface area contributed by atoms with Gasteiger partial charge >= 0.3 is 0 Å². The molecule has 3 nitrogen and oxygen atoms in total. The van der Waals surface area contributed by atoms with Crippen LogP contribution in [0.25, 0.3) is 0 Å². The highest BCUT2D eigenvalue weighted by Crippen LogP contribution is 2.35. The van der Waals surface area contributed by atoms with E-state index in [-0.39, 0.29) is 12.7 Å². The van der Waals surface area contributed by atoms with Crippen LogP contribution >= 0.6 is 0 Å². The number of ether oxygens (including phenoxy) is 1. The lowest BCUT2D eigenvalue weighted by atomic mass is 9.95. The maximum atomic E-state index is 9.72. The molecule has 3 heteroatoms. The van der Waals surface area contributed by atoms with Crippen molar-refractivity contribution in [3.05, 3.63) is 12.7 Å². The highest BCUT2D eigenvalue weighted by atomic mass is 16.5. The van der Waals surface area contributed by atoms with E-state index in [0.29, 0.717) is 0 Å². The van der Waals surface area contributed by atoms with Crippen molar-refractivity contribution in [3.8, 4) is 0 Å². The molecule has 0 aromatic rings. The fourth-order valence-electron chi connectivity index (χ4n) is 2.60. The van der Waals surface area contributed by atoms with Crippen LogP contribution in [0, 0.1) is 0 Å². The first kappa shape index (κ1) is 15.7. The molecule has 18 heavy (non-hydrogen) atoms. The van der Waals surface area contributed by atoms with Crippen LogP contribution in [0.1, 0.15) is 58.3 Å². The second-order valence-electron chi connectivity index (χ2n) is 5.57. The van der Waals surface area contributed by atoms with E-state index in [9.17, 15) is 5.11 Å². The van der Waals surface area contributed by atoms with Crippen LogP contribution in [0.5, 0.6) is 0 Å². The summed E-state index contributed by atoms with van der Waals surface area (Å²) >= 11 is 0. The van der Waals surface area contributed by atoms with Gasteiger partial charge in [0.2, 0.25) is 0 Å². The third-order valence-corrected chi connectivity index (χ3v) is 3.96. The molecule has 2 N–H and O–H groups in total. The van der Waals surface area contributed by atoms with Crippen LogP contribution in [-0.4, -0.2) is 34.6 Å². The maximum absolute atomic E-state index is 9.72. The Balaban J connectivity index is 2.13. The summed E-state index contributed by atoms with van der Waals surface area (Å²) in [5.74, 6) is 0. The molecule has 1 fully saturated rings. The van der Waals surface area contributed by atoms with Crippen molar-refractivity contribution < 1.29 is 14.9 Å². The predicted molar refractivity (Wildman–Crippen MR) is 73.5 cm³/mol. The minimum absolute atomic E-state index is 0.217. The Hall–Kier alpha value is -0.380. The molecule has 0 spiro atoms. The summed E-state index contributed by atoms with van der Waals surface area (Å²) in [7, 11) is 0. The van der Waals surface area contributed by atoms with Crippen LogP contribution in [0.2, 0.25) is 0 Å². The molecule has 0 unspecified atom stereocenters. The third-order valence-electron chi connectivity index (χ3n) is 3.96. The smallest absolute Gasteiger partial charge is 0.106 e. The van der Waals surface area contributed by atoms with Crippen LogP contribution < -0.4 is 0 Å². The summed E-state index contributed by atoms with van der Waals surface area (Å²) in [6.45, 7) is 5.40. The van der Waals surface area contributed by atoms with E-state index < -0.39 is 11.7 Å². The summed E-state index contributed by atoms with van der Waals surface area (Å²) in [5, 5.41) is 18.7. The van der Waals surface area contributed by atoms with Gasteiger partial charge in [0, 0.05) is 0 Å². The quantitative estimate of drug-likeness (QED) is 0.492. The van der Waals surface area contributed by atoms with Gasteiger partial charge in [-0.25, -0.2) is 0 Å². The SMILES string of the molecule is C=CCCCCCC[C@@H]1CC[C@@](C)([C@H](O)CO)O1. The molecule has 0 amide bonds. The molecule has 0 radical (unpaired) electrons. The second-order valence-corrected chi connectivity index (χ2v) is 5.57. The summed E-state index contributed by atoms with van der Waals surface area (Å²) in [4.78, 5) is 0. The van der Waals surface area contributed by atoms with Crippen LogP contribution in [0.15, 0.2) is 12.7 Å². The van der Waals surface area contributed by atoms with Gasteiger partial charge in [0.25, 0.3) is 0 Å². The van der Waals surface area contributed by atoms with Gasteiger partial charge in [0.15, 0.2) is 0 Å². The molecule has 1 rings (SSSR count). The van der Waals surface area contributed by atoms with Crippen molar-refractivity contribution in [2.45, 2.75) is 76.1 Å². The summed E-state index contributed by atoms with van der Waals surface area (Å²) in [6, 6.07) is 0. The van der Waals surface area contributed by atoms with E-state index in [1.165, 1.54) is 25.7 Å². The fourth-order valence-corrected chi connectivity index (χ4v) is 2.60. The van der Waals surface area contributed by atoms with Crippen molar-refractivity contribution in [2.75, 3.05) is 6.61 Å². The summed E-state index contributed by atoms with van der Waals surface area (Å²) in [5.41, 5.74) is -0.539. The third kappa shape index (κ3) is 4.71. The molecule has 1 heterocycles. The maximum Gasteiger partial charge on any atom is 0.106 e. The monoisotopic (exact) mass is 256 g/mol. The van der Waals surface area contributed by atoms with E-state index >= 15 is 0 Å². The largest absolute Gasteiger partial charge is 0.394 e. The Morgan fingerprint density at radius 1 is 1.39 bits per heavy atom. The van der Waals surface area contributed by atoms with Gasteiger partial charge in [0.1, 0.15) is 6.10 Å². The second kappa shape index (κ2) is 7.93. The minimum Gasteiger partial charge on any atom is -0.394 e. The zero-order valence-electron chi connectivity index (χ0n) is 11.6. The van der Waals surface area contributed by atoms with Crippen molar-refractivity contribution >= 4 is 0 Å². The average molecular weight is 256 g/mol. The molecule has 0 aromatic heterocycles. The van der Waals surface area contributed by atoms with Crippen molar-refractivity contribution in [3.63, 3.8) is 0 Å². The number of rotatable bonds is 9. The zero-order valence-corrected chi connectivity index (χ0v) is 11.6. The lowest BCUT2D eigenvalue weighted by molar-refractivity contribution is -0.120. The van der Waals surface area contributed by atoms with Gasteiger partial charge in [-0.2, -0.15) is 0 Å². The molecular formula is C15H28O3. The van der Waals surface area contributed by atoms with Gasteiger partial charge in [-0.05, 0) is 39.0 Å². The van der Waals surface area contributed by atoms with Crippen LogP contribution in [-0.2, 0) is 4.74 Å². The van der Waals surface area contributed by atoms with Crippen LogP contribution in [0.3, 0.4) is 0 Å². The first-order valence-electron chi connectivity index (χ1n) is 7.20. The zero-order chi connectivity index (χ0) is 13.4. The fraction of sp³-hybridized carbons (Fsp3) is 0.867. The number of aliphatic hydroxyl groups is 2. The molecule has 0 bridgehead atoms. The van der Waals surface area contributed by atoms with Gasteiger partial charge < -0.3 is 14.9 Å². The highest BCUT2D eigenvalue weighted by molar-refractivity contribution is 4.90. The molecule has 0 saturated carbocycles. The Morgan fingerprint density at radius 2 is 2.11 bits per heavy atom. The van der Waals surface area contributed by atoms with Crippen molar-refractivity contribution in [1.82, 2.24) is 0 Å². The van der Waals surface area contributed by atoms with Gasteiger partial charge in [-0.15, -0.1) is 6.58 Å². The Labute approximate surface area is 111 Å².